The van der Waals surface area contributed by atoms with Crippen LogP contribution < -0.4 is 9.47 Å². The Kier molecular flexibility index (Phi) is 4.88. The van der Waals surface area contributed by atoms with E-state index in [0.29, 0.717) is 11.3 Å². The normalized spacial score (nSPS) is 11.2. The van der Waals surface area contributed by atoms with Gasteiger partial charge in [-0.1, -0.05) is 18.2 Å². The summed E-state index contributed by atoms with van der Waals surface area (Å²) in [5.41, 5.74) is 0.331. The number of esters is 1. The maximum Gasteiger partial charge on any atom is 0.433 e. The molecule has 0 fully saturated rings. The number of alkyl halides is 3. The molecule has 0 spiro atoms. The second kappa shape index (κ2) is 6.68. The van der Waals surface area contributed by atoms with Crippen LogP contribution in [0.5, 0.6) is 11.6 Å². The van der Waals surface area contributed by atoms with Crippen LogP contribution in [-0.4, -0.2) is 11.0 Å². The van der Waals surface area contributed by atoms with Gasteiger partial charge in [0, 0.05) is 18.6 Å². The van der Waals surface area contributed by atoms with Gasteiger partial charge in [0.25, 0.3) is 0 Å². The van der Waals surface area contributed by atoms with Gasteiger partial charge in [-0.3, -0.25) is 4.79 Å². The number of carbonyl (C=O) groups excluding carboxylic acids is 1. The van der Waals surface area contributed by atoms with Crippen LogP contribution >= 0.6 is 0 Å². The van der Waals surface area contributed by atoms with Crippen LogP contribution in [0.2, 0.25) is 0 Å². The predicted molar refractivity (Wildman–Crippen MR) is 76.1 cm³/mol. The van der Waals surface area contributed by atoms with Crippen LogP contribution in [0.3, 0.4) is 0 Å². The molecule has 0 N–H and O–H groups in total. The second-order valence-corrected chi connectivity index (χ2v) is 4.79. The number of aromatic nitrogens is 1. The van der Waals surface area contributed by atoms with E-state index in [1.165, 1.54) is 19.1 Å². The van der Waals surface area contributed by atoms with Gasteiger partial charge in [-0.15, -0.1) is 0 Å². The standard InChI is InChI=1S/C16H14F3NO3/c1-10-5-3-6-13(23-11(2)21)12(10)9-22-15-8-4-7-14(20-15)16(17,18)19/h3-8H,9H2,1-2H3. The first-order chi connectivity index (χ1) is 10.8. The van der Waals surface area contributed by atoms with Crippen molar-refractivity contribution in [2.45, 2.75) is 26.6 Å². The Morgan fingerprint density at radius 1 is 1.17 bits per heavy atom. The zero-order valence-corrected chi connectivity index (χ0v) is 12.5. The summed E-state index contributed by atoms with van der Waals surface area (Å²) >= 11 is 0. The Bertz CT molecular complexity index is 714. The second-order valence-electron chi connectivity index (χ2n) is 4.79. The Morgan fingerprint density at radius 3 is 2.52 bits per heavy atom. The minimum atomic E-state index is -4.54. The van der Waals surface area contributed by atoms with Crippen LogP contribution in [0.25, 0.3) is 0 Å². The minimum absolute atomic E-state index is 0.0659. The SMILES string of the molecule is CC(=O)Oc1cccc(C)c1COc1cccc(C(F)(F)F)n1. The number of carbonyl (C=O) groups is 1. The number of hydrogen-bond acceptors (Lipinski definition) is 4. The molecule has 1 aromatic carbocycles. The highest BCUT2D eigenvalue weighted by Gasteiger charge is 2.32. The third-order valence-corrected chi connectivity index (χ3v) is 3.00. The molecule has 23 heavy (non-hydrogen) atoms. The third-order valence-electron chi connectivity index (χ3n) is 3.00. The van der Waals surface area contributed by atoms with E-state index in [-0.39, 0.29) is 12.5 Å². The zero-order valence-electron chi connectivity index (χ0n) is 12.5. The lowest BCUT2D eigenvalue weighted by molar-refractivity contribution is -0.141. The molecule has 0 aliphatic rings. The van der Waals surface area contributed by atoms with Gasteiger partial charge >= 0.3 is 12.1 Å². The fraction of sp³-hybridized carbons (Fsp3) is 0.250. The highest BCUT2D eigenvalue weighted by Crippen LogP contribution is 2.29. The first-order valence-electron chi connectivity index (χ1n) is 6.71. The summed E-state index contributed by atoms with van der Waals surface area (Å²) < 4.78 is 48.3. The maximum atomic E-state index is 12.6. The van der Waals surface area contributed by atoms with E-state index >= 15 is 0 Å². The Labute approximate surface area is 130 Å². The highest BCUT2D eigenvalue weighted by molar-refractivity contribution is 5.70. The molecule has 1 aromatic heterocycles. The number of pyridine rings is 1. The molecule has 0 bridgehead atoms. The van der Waals surface area contributed by atoms with Gasteiger partial charge in [-0.25, -0.2) is 4.98 Å². The van der Waals surface area contributed by atoms with Crippen molar-refractivity contribution in [1.29, 1.82) is 0 Å². The average molecular weight is 325 g/mol. The molecule has 0 amide bonds. The van der Waals surface area contributed by atoms with E-state index < -0.39 is 17.8 Å². The van der Waals surface area contributed by atoms with Gasteiger partial charge in [0.05, 0.1) is 0 Å². The Morgan fingerprint density at radius 2 is 1.87 bits per heavy atom. The summed E-state index contributed by atoms with van der Waals surface area (Å²) in [5, 5.41) is 0. The number of rotatable bonds is 4. The third kappa shape index (κ3) is 4.45. The van der Waals surface area contributed by atoms with E-state index in [4.69, 9.17) is 9.47 Å². The molecule has 0 aliphatic carbocycles. The molecule has 4 nitrogen and oxygen atoms in total. The predicted octanol–water partition coefficient (Wildman–Crippen LogP) is 3.91. The van der Waals surface area contributed by atoms with E-state index in [1.807, 2.05) is 0 Å². The van der Waals surface area contributed by atoms with Crippen molar-refractivity contribution >= 4 is 5.97 Å². The van der Waals surface area contributed by atoms with Gasteiger partial charge in [0.15, 0.2) is 0 Å². The number of aryl methyl sites for hydroxylation is 1. The molecule has 7 heteroatoms. The van der Waals surface area contributed by atoms with Crippen LogP contribution in [0.4, 0.5) is 13.2 Å². The molecule has 2 rings (SSSR count). The summed E-state index contributed by atoms with van der Waals surface area (Å²) in [6, 6.07) is 8.50. The van der Waals surface area contributed by atoms with E-state index in [0.717, 1.165) is 11.6 Å². The lowest BCUT2D eigenvalue weighted by Gasteiger charge is -2.13. The Balaban J connectivity index is 2.20. The molecular weight excluding hydrogens is 311 g/mol. The van der Waals surface area contributed by atoms with Gasteiger partial charge in [0.2, 0.25) is 5.88 Å². The molecule has 0 saturated carbocycles. The maximum absolute atomic E-state index is 12.6. The van der Waals surface area contributed by atoms with Gasteiger partial charge in [-0.2, -0.15) is 13.2 Å². The van der Waals surface area contributed by atoms with Crippen molar-refractivity contribution < 1.29 is 27.4 Å². The smallest absolute Gasteiger partial charge is 0.433 e. The van der Waals surface area contributed by atoms with Crippen LogP contribution in [-0.2, 0) is 17.6 Å². The number of benzene rings is 1. The Hall–Kier alpha value is -2.57. The summed E-state index contributed by atoms with van der Waals surface area (Å²) in [6.07, 6.45) is -4.54. The van der Waals surface area contributed by atoms with Crippen molar-refractivity contribution in [2.24, 2.45) is 0 Å². The first kappa shape index (κ1) is 16.8. The first-order valence-corrected chi connectivity index (χ1v) is 6.71. The number of hydrogen-bond donors (Lipinski definition) is 0. The van der Waals surface area contributed by atoms with Gasteiger partial charge in [-0.05, 0) is 24.6 Å². The molecule has 122 valence electrons. The molecular formula is C16H14F3NO3. The fourth-order valence-electron chi connectivity index (χ4n) is 1.91. The lowest BCUT2D eigenvalue weighted by Crippen LogP contribution is -2.10. The van der Waals surface area contributed by atoms with Crippen molar-refractivity contribution in [3.63, 3.8) is 0 Å². The summed E-state index contributed by atoms with van der Waals surface area (Å²) in [6.45, 7) is 2.98. The molecule has 0 atom stereocenters. The van der Waals surface area contributed by atoms with Crippen LogP contribution in [0.1, 0.15) is 23.7 Å². The molecule has 0 aliphatic heterocycles. The van der Waals surface area contributed by atoms with Crippen molar-refractivity contribution in [1.82, 2.24) is 4.98 Å². The van der Waals surface area contributed by atoms with E-state index in [1.54, 1.807) is 25.1 Å². The van der Waals surface area contributed by atoms with E-state index in [2.05, 4.69) is 4.98 Å². The molecule has 0 radical (unpaired) electrons. The van der Waals surface area contributed by atoms with Crippen molar-refractivity contribution in [3.8, 4) is 11.6 Å². The number of ether oxygens (including phenoxy) is 2. The largest absolute Gasteiger partial charge is 0.473 e. The molecule has 2 aromatic rings. The van der Waals surface area contributed by atoms with Gasteiger partial charge in [0.1, 0.15) is 18.1 Å². The van der Waals surface area contributed by atoms with E-state index in [9.17, 15) is 18.0 Å². The monoisotopic (exact) mass is 325 g/mol. The lowest BCUT2D eigenvalue weighted by atomic mass is 10.1. The average Bonchev–Trinajstić information content (AvgIpc) is 2.45. The minimum Gasteiger partial charge on any atom is -0.473 e. The van der Waals surface area contributed by atoms with Crippen LogP contribution in [0, 0.1) is 6.92 Å². The summed E-state index contributed by atoms with van der Waals surface area (Å²) in [5.74, 6) is -0.338. The molecule has 0 saturated heterocycles. The van der Waals surface area contributed by atoms with Crippen molar-refractivity contribution in [2.75, 3.05) is 0 Å². The summed E-state index contributed by atoms with van der Waals surface area (Å²) in [4.78, 5) is 14.5. The summed E-state index contributed by atoms with van der Waals surface area (Å²) in [7, 11) is 0. The zero-order chi connectivity index (χ0) is 17.0. The highest BCUT2D eigenvalue weighted by atomic mass is 19.4. The van der Waals surface area contributed by atoms with Crippen molar-refractivity contribution in [3.05, 3.63) is 53.2 Å². The number of nitrogens with zero attached hydrogens (tertiary/aromatic N) is 1. The molecule has 0 unspecified atom stereocenters. The van der Waals surface area contributed by atoms with Crippen LogP contribution in [0.15, 0.2) is 36.4 Å². The van der Waals surface area contributed by atoms with Gasteiger partial charge < -0.3 is 9.47 Å². The number of halogens is 3. The fourth-order valence-corrected chi connectivity index (χ4v) is 1.91. The quantitative estimate of drug-likeness (QED) is 0.631. The molecule has 1 heterocycles. The topological polar surface area (TPSA) is 48.4 Å².